The maximum atomic E-state index is 9.19. The molecule has 0 aromatic heterocycles. The summed E-state index contributed by atoms with van der Waals surface area (Å²) in [5.74, 6) is 0. The van der Waals surface area contributed by atoms with Gasteiger partial charge in [0, 0.05) is 6.04 Å². The average Bonchev–Trinajstić information content (AvgIpc) is 2.08. The van der Waals surface area contributed by atoms with Crippen LogP contribution in [0, 0.1) is 0 Å². The van der Waals surface area contributed by atoms with Crippen LogP contribution in [0.4, 0.5) is 0 Å². The van der Waals surface area contributed by atoms with Gasteiger partial charge >= 0.3 is 0 Å². The van der Waals surface area contributed by atoms with Crippen molar-refractivity contribution in [2.75, 3.05) is 20.3 Å². The SMILES string of the molecule is CCC(CO)(CO)N(C)C(C)C. The molecule has 2 N–H and O–H groups in total. The summed E-state index contributed by atoms with van der Waals surface area (Å²) in [5.41, 5.74) is -0.450. The third-order valence-electron chi connectivity index (χ3n) is 2.77. The van der Waals surface area contributed by atoms with E-state index in [-0.39, 0.29) is 13.2 Å². The molecule has 0 aromatic rings. The Labute approximate surface area is 75.0 Å². The number of nitrogens with zero attached hydrogens (tertiary/aromatic N) is 1. The van der Waals surface area contributed by atoms with Crippen molar-refractivity contribution >= 4 is 0 Å². The lowest BCUT2D eigenvalue weighted by molar-refractivity contribution is -0.0170. The molecule has 0 aliphatic heterocycles. The van der Waals surface area contributed by atoms with Crippen molar-refractivity contribution in [2.24, 2.45) is 0 Å². The van der Waals surface area contributed by atoms with E-state index in [0.717, 1.165) is 6.42 Å². The molecule has 0 rings (SSSR count). The van der Waals surface area contributed by atoms with Gasteiger partial charge in [0.05, 0.1) is 18.8 Å². The summed E-state index contributed by atoms with van der Waals surface area (Å²) in [7, 11) is 1.93. The Morgan fingerprint density at radius 3 is 1.75 bits per heavy atom. The van der Waals surface area contributed by atoms with Crippen LogP contribution in [-0.2, 0) is 0 Å². The van der Waals surface area contributed by atoms with Crippen molar-refractivity contribution in [2.45, 2.75) is 38.8 Å². The van der Waals surface area contributed by atoms with Crippen LogP contribution in [0.3, 0.4) is 0 Å². The molecule has 0 atom stereocenters. The molecule has 0 aromatic carbocycles. The van der Waals surface area contributed by atoms with E-state index < -0.39 is 5.54 Å². The molecule has 0 fully saturated rings. The summed E-state index contributed by atoms with van der Waals surface area (Å²) in [6.07, 6.45) is 0.759. The van der Waals surface area contributed by atoms with E-state index in [9.17, 15) is 10.2 Å². The summed E-state index contributed by atoms with van der Waals surface area (Å²) in [6.45, 7) is 6.10. The van der Waals surface area contributed by atoms with Crippen molar-refractivity contribution in [3.63, 3.8) is 0 Å². The molecule has 3 heteroatoms. The highest BCUT2D eigenvalue weighted by Gasteiger charge is 2.32. The molecule has 0 aliphatic rings. The second-order valence-electron chi connectivity index (χ2n) is 3.60. The van der Waals surface area contributed by atoms with Gasteiger partial charge in [0.1, 0.15) is 0 Å². The molecule has 0 heterocycles. The lowest BCUT2D eigenvalue weighted by Gasteiger charge is -2.41. The van der Waals surface area contributed by atoms with Crippen LogP contribution < -0.4 is 0 Å². The highest BCUT2D eigenvalue weighted by molar-refractivity contribution is 4.88. The van der Waals surface area contributed by atoms with E-state index >= 15 is 0 Å². The highest BCUT2D eigenvalue weighted by Crippen LogP contribution is 2.19. The van der Waals surface area contributed by atoms with Gasteiger partial charge in [-0.15, -0.1) is 0 Å². The highest BCUT2D eigenvalue weighted by atomic mass is 16.3. The van der Waals surface area contributed by atoms with Gasteiger partial charge in [0.2, 0.25) is 0 Å². The Hall–Kier alpha value is -0.120. The molecule has 3 nitrogen and oxygen atoms in total. The summed E-state index contributed by atoms with van der Waals surface area (Å²) in [4.78, 5) is 2.02. The van der Waals surface area contributed by atoms with Gasteiger partial charge in [0.15, 0.2) is 0 Å². The number of likely N-dealkylation sites (N-methyl/N-ethyl adjacent to an activating group) is 1. The number of rotatable bonds is 5. The topological polar surface area (TPSA) is 43.7 Å². The first-order chi connectivity index (χ1) is 5.54. The Morgan fingerprint density at radius 2 is 1.67 bits per heavy atom. The minimum Gasteiger partial charge on any atom is -0.394 e. The van der Waals surface area contributed by atoms with Crippen molar-refractivity contribution in [1.82, 2.24) is 4.90 Å². The quantitative estimate of drug-likeness (QED) is 0.638. The predicted octanol–water partition coefficient (Wildman–Crippen LogP) is 0.460. The summed E-state index contributed by atoms with van der Waals surface area (Å²) in [6, 6.07) is 0.337. The molecule has 12 heavy (non-hydrogen) atoms. The van der Waals surface area contributed by atoms with E-state index in [1.54, 1.807) is 0 Å². The minimum absolute atomic E-state index is 0.00861. The number of aliphatic hydroxyl groups is 2. The van der Waals surface area contributed by atoms with Gasteiger partial charge in [-0.25, -0.2) is 0 Å². The van der Waals surface area contributed by atoms with E-state index in [1.165, 1.54) is 0 Å². The van der Waals surface area contributed by atoms with Crippen LogP contribution in [0.15, 0.2) is 0 Å². The first kappa shape index (κ1) is 11.9. The Balaban J connectivity index is 4.46. The molecule has 0 saturated heterocycles. The van der Waals surface area contributed by atoms with Crippen molar-refractivity contribution in [3.05, 3.63) is 0 Å². The van der Waals surface area contributed by atoms with Crippen molar-refractivity contribution in [1.29, 1.82) is 0 Å². The standard InChI is InChI=1S/C9H21NO2/c1-5-9(6-11,7-12)10(4)8(2)3/h8,11-12H,5-7H2,1-4H3. The first-order valence-corrected chi connectivity index (χ1v) is 4.48. The van der Waals surface area contributed by atoms with Gasteiger partial charge in [0.25, 0.3) is 0 Å². The van der Waals surface area contributed by atoms with E-state index in [4.69, 9.17) is 0 Å². The average molecular weight is 175 g/mol. The molecular weight excluding hydrogens is 154 g/mol. The molecular formula is C9H21NO2. The van der Waals surface area contributed by atoms with Gasteiger partial charge < -0.3 is 10.2 Å². The predicted molar refractivity (Wildman–Crippen MR) is 50.1 cm³/mol. The number of hydrogen-bond acceptors (Lipinski definition) is 3. The molecule has 0 spiro atoms. The minimum atomic E-state index is -0.450. The van der Waals surface area contributed by atoms with Crippen LogP contribution >= 0.6 is 0 Å². The lowest BCUT2D eigenvalue weighted by Crippen LogP contribution is -2.54. The second-order valence-corrected chi connectivity index (χ2v) is 3.60. The molecule has 0 bridgehead atoms. The van der Waals surface area contributed by atoms with Crippen LogP contribution in [0.1, 0.15) is 27.2 Å². The zero-order valence-electron chi connectivity index (χ0n) is 8.54. The molecule has 0 radical (unpaired) electrons. The van der Waals surface area contributed by atoms with E-state index in [2.05, 4.69) is 13.8 Å². The van der Waals surface area contributed by atoms with Crippen molar-refractivity contribution < 1.29 is 10.2 Å². The summed E-state index contributed by atoms with van der Waals surface area (Å²) < 4.78 is 0. The maximum Gasteiger partial charge on any atom is 0.0670 e. The zero-order chi connectivity index (χ0) is 9.78. The van der Waals surface area contributed by atoms with E-state index in [0.29, 0.717) is 6.04 Å². The first-order valence-electron chi connectivity index (χ1n) is 4.48. The van der Waals surface area contributed by atoms with Gasteiger partial charge in [-0.05, 0) is 27.3 Å². The maximum absolute atomic E-state index is 9.19. The Bertz CT molecular complexity index is 113. The number of hydrogen-bond donors (Lipinski definition) is 2. The third kappa shape index (κ3) is 2.19. The molecule has 0 saturated carbocycles. The van der Waals surface area contributed by atoms with Crippen LogP contribution in [-0.4, -0.2) is 47.0 Å². The van der Waals surface area contributed by atoms with Gasteiger partial charge in [-0.3, -0.25) is 4.90 Å². The van der Waals surface area contributed by atoms with Gasteiger partial charge in [-0.1, -0.05) is 6.92 Å². The Kier molecular flexibility index (Phi) is 4.75. The van der Waals surface area contributed by atoms with Gasteiger partial charge in [-0.2, -0.15) is 0 Å². The normalized spacial score (nSPS) is 13.0. The van der Waals surface area contributed by atoms with Crippen LogP contribution in [0.5, 0.6) is 0 Å². The summed E-state index contributed by atoms with van der Waals surface area (Å²) >= 11 is 0. The number of aliphatic hydroxyl groups excluding tert-OH is 2. The monoisotopic (exact) mass is 175 g/mol. The van der Waals surface area contributed by atoms with Crippen molar-refractivity contribution in [3.8, 4) is 0 Å². The molecule has 0 aliphatic carbocycles. The fraction of sp³-hybridized carbons (Fsp3) is 1.00. The fourth-order valence-electron chi connectivity index (χ4n) is 1.29. The lowest BCUT2D eigenvalue weighted by atomic mass is 9.95. The Morgan fingerprint density at radius 1 is 1.25 bits per heavy atom. The molecule has 74 valence electrons. The van der Waals surface area contributed by atoms with Crippen LogP contribution in [0.25, 0.3) is 0 Å². The third-order valence-corrected chi connectivity index (χ3v) is 2.77. The zero-order valence-corrected chi connectivity index (χ0v) is 8.54. The molecule has 0 amide bonds. The summed E-state index contributed by atoms with van der Waals surface area (Å²) in [5, 5.41) is 18.4. The fourth-order valence-corrected chi connectivity index (χ4v) is 1.29. The smallest absolute Gasteiger partial charge is 0.0670 e. The largest absolute Gasteiger partial charge is 0.394 e. The molecule has 0 unspecified atom stereocenters. The van der Waals surface area contributed by atoms with E-state index in [1.807, 2.05) is 18.9 Å². The second kappa shape index (κ2) is 4.80. The van der Waals surface area contributed by atoms with Crippen LogP contribution in [0.2, 0.25) is 0 Å².